The van der Waals surface area contributed by atoms with E-state index in [1.807, 2.05) is 5.38 Å². The van der Waals surface area contributed by atoms with Crippen LogP contribution in [0.3, 0.4) is 0 Å². The fourth-order valence-corrected chi connectivity index (χ4v) is 5.17. The average Bonchev–Trinajstić information content (AvgIpc) is 3.54. The lowest BCUT2D eigenvalue weighted by Crippen LogP contribution is -2.30. The van der Waals surface area contributed by atoms with Gasteiger partial charge in [0.25, 0.3) is 5.91 Å². The highest BCUT2D eigenvalue weighted by atomic mass is 32.1. The SMILES string of the molecule is COc1cnc(OC)c(C2=CC3CN(C(=O)c4c(F)cccc4-c4nccs4)CC3C2)n1. The van der Waals surface area contributed by atoms with Crippen molar-refractivity contribution in [1.82, 2.24) is 19.9 Å². The summed E-state index contributed by atoms with van der Waals surface area (Å²) >= 11 is 1.39. The molecule has 0 radical (unpaired) electrons. The van der Waals surface area contributed by atoms with Crippen LogP contribution in [0.25, 0.3) is 16.1 Å². The van der Waals surface area contributed by atoms with Crippen LogP contribution in [-0.4, -0.2) is 53.1 Å². The van der Waals surface area contributed by atoms with E-state index < -0.39 is 5.82 Å². The van der Waals surface area contributed by atoms with Crippen LogP contribution < -0.4 is 9.47 Å². The fourth-order valence-electron chi connectivity index (χ4n) is 4.50. The molecule has 0 spiro atoms. The van der Waals surface area contributed by atoms with Crippen molar-refractivity contribution in [2.24, 2.45) is 11.8 Å². The molecule has 0 N–H and O–H groups in total. The highest BCUT2D eigenvalue weighted by Crippen LogP contribution is 2.43. The van der Waals surface area contributed by atoms with Crippen LogP contribution in [0.4, 0.5) is 4.39 Å². The summed E-state index contributed by atoms with van der Waals surface area (Å²) in [5.74, 6) is 0.460. The van der Waals surface area contributed by atoms with Crippen LogP contribution in [-0.2, 0) is 0 Å². The van der Waals surface area contributed by atoms with E-state index in [0.29, 0.717) is 41.1 Å². The molecule has 1 amide bonds. The first kappa shape index (κ1) is 20.6. The topological polar surface area (TPSA) is 77.4 Å². The van der Waals surface area contributed by atoms with Crippen LogP contribution in [0.1, 0.15) is 22.5 Å². The lowest BCUT2D eigenvalue weighted by molar-refractivity contribution is 0.0781. The maximum absolute atomic E-state index is 14.8. The summed E-state index contributed by atoms with van der Waals surface area (Å²) in [5, 5.41) is 2.45. The van der Waals surface area contributed by atoms with Crippen LogP contribution in [0, 0.1) is 17.7 Å². The van der Waals surface area contributed by atoms with Crippen molar-refractivity contribution in [1.29, 1.82) is 0 Å². The van der Waals surface area contributed by atoms with Crippen molar-refractivity contribution in [2.75, 3.05) is 27.3 Å². The van der Waals surface area contributed by atoms with Crippen molar-refractivity contribution < 1.29 is 18.7 Å². The molecule has 3 heterocycles. The fraction of sp³-hybridized carbons (Fsp3) is 0.304. The minimum absolute atomic E-state index is 0.0898. The summed E-state index contributed by atoms with van der Waals surface area (Å²) in [4.78, 5) is 28.1. The number of halogens is 1. The lowest BCUT2D eigenvalue weighted by Gasteiger charge is -2.19. The van der Waals surface area contributed by atoms with Gasteiger partial charge in [0.15, 0.2) is 0 Å². The minimum atomic E-state index is -0.521. The normalized spacial score (nSPS) is 19.6. The number of nitrogens with zero attached hydrogens (tertiary/aromatic N) is 4. The third-order valence-electron chi connectivity index (χ3n) is 5.99. The number of fused-ring (bicyclic) bond motifs is 1. The number of aromatic nitrogens is 3. The molecule has 164 valence electrons. The summed E-state index contributed by atoms with van der Waals surface area (Å²) in [6.45, 7) is 1.08. The zero-order valence-corrected chi connectivity index (χ0v) is 18.4. The molecule has 2 aromatic heterocycles. The van der Waals surface area contributed by atoms with E-state index in [4.69, 9.17) is 9.47 Å². The van der Waals surface area contributed by atoms with Crippen LogP contribution in [0.2, 0.25) is 0 Å². The molecule has 2 aliphatic rings. The van der Waals surface area contributed by atoms with E-state index in [1.165, 1.54) is 23.6 Å². The number of allylic oxidation sites excluding steroid dienone is 1. The van der Waals surface area contributed by atoms with Crippen molar-refractivity contribution in [3.63, 3.8) is 0 Å². The average molecular weight is 453 g/mol. The highest BCUT2D eigenvalue weighted by Gasteiger charge is 2.40. The Morgan fingerprint density at radius 3 is 2.81 bits per heavy atom. The molecule has 0 saturated carbocycles. The van der Waals surface area contributed by atoms with E-state index in [1.54, 1.807) is 37.4 Å². The first-order chi connectivity index (χ1) is 15.6. The molecule has 1 saturated heterocycles. The van der Waals surface area contributed by atoms with Gasteiger partial charge < -0.3 is 14.4 Å². The largest absolute Gasteiger partial charge is 0.480 e. The number of likely N-dealkylation sites (tertiary alicyclic amines) is 1. The maximum Gasteiger partial charge on any atom is 0.257 e. The van der Waals surface area contributed by atoms with Crippen LogP contribution in [0.5, 0.6) is 11.8 Å². The molecular weight excluding hydrogens is 431 g/mol. The standard InChI is InChI=1S/C23H21FN4O3S/c1-30-18-10-26-21(31-2)20(27-18)13-8-14-11-28(12-15(14)9-13)23(29)19-16(4-3-5-17(19)24)22-25-6-7-32-22/h3-8,10,14-15H,9,11-12H2,1-2H3. The molecule has 9 heteroatoms. The Morgan fingerprint density at radius 2 is 2.09 bits per heavy atom. The number of amides is 1. The van der Waals surface area contributed by atoms with E-state index >= 15 is 0 Å². The number of rotatable bonds is 5. The summed E-state index contributed by atoms with van der Waals surface area (Å²) in [7, 11) is 3.11. The lowest BCUT2D eigenvalue weighted by atomic mass is 9.99. The van der Waals surface area contributed by atoms with E-state index in [2.05, 4.69) is 21.0 Å². The maximum atomic E-state index is 14.8. The highest BCUT2D eigenvalue weighted by molar-refractivity contribution is 7.13. The smallest absolute Gasteiger partial charge is 0.257 e. The molecule has 32 heavy (non-hydrogen) atoms. The molecule has 1 aliphatic heterocycles. The second-order valence-electron chi connectivity index (χ2n) is 7.80. The van der Waals surface area contributed by atoms with Gasteiger partial charge in [-0.05, 0) is 29.9 Å². The number of hydrogen-bond acceptors (Lipinski definition) is 7. The summed E-state index contributed by atoms with van der Waals surface area (Å²) in [6, 6.07) is 4.68. The molecule has 0 bridgehead atoms. The monoisotopic (exact) mass is 452 g/mol. The molecule has 2 unspecified atom stereocenters. The quantitative estimate of drug-likeness (QED) is 0.584. The Kier molecular flexibility index (Phi) is 5.34. The number of ether oxygens (including phenoxy) is 2. The van der Waals surface area contributed by atoms with Gasteiger partial charge in [-0.2, -0.15) is 0 Å². The van der Waals surface area contributed by atoms with Gasteiger partial charge in [0.1, 0.15) is 16.5 Å². The number of carbonyl (C=O) groups excluding carboxylic acids is 1. The minimum Gasteiger partial charge on any atom is -0.480 e. The number of methoxy groups -OCH3 is 2. The van der Waals surface area contributed by atoms with Crippen molar-refractivity contribution in [3.8, 4) is 22.3 Å². The van der Waals surface area contributed by atoms with Gasteiger partial charge in [0.05, 0.1) is 26.0 Å². The van der Waals surface area contributed by atoms with Gasteiger partial charge in [-0.3, -0.25) is 4.79 Å². The molecule has 5 rings (SSSR count). The van der Waals surface area contributed by atoms with Crippen molar-refractivity contribution in [3.05, 3.63) is 59.1 Å². The Hall–Kier alpha value is -3.33. The molecule has 1 aliphatic carbocycles. The van der Waals surface area contributed by atoms with Crippen LogP contribution >= 0.6 is 11.3 Å². The Morgan fingerprint density at radius 1 is 1.22 bits per heavy atom. The van der Waals surface area contributed by atoms with Crippen LogP contribution in [0.15, 0.2) is 42.0 Å². The summed E-state index contributed by atoms with van der Waals surface area (Å²) in [5.41, 5.74) is 2.32. The molecule has 3 aromatic rings. The Labute approximate surface area is 188 Å². The van der Waals surface area contributed by atoms with Gasteiger partial charge >= 0.3 is 0 Å². The van der Waals surface area contributed by atoms with Crippen molar-refractivity contribution >= 4 is 22.8 Å². The Balaban J connectivity index is 1.40. The number of benzene rings is 1. The zero-order chi connectivity index (χ0) is 22.2. The van der Waals surface area contributed by atoms with Gasteiger partial charge in [-0.15, -0.1) is 11.3 Å². The molecule has 1 fully saturated rings. The second-order valence-corrected chi connectivity index (χ2v) is 8.69. The molecule has 7 nitrogen and oxygen atoms in total. The third kappa shape index (κ3) is 3.52. The van der Waals surface area contributed by atoms with Gasteiger partial charge in [0.2, 0.25) is 11.8 Å². The number of thiazole rings is 1. The van der Waals surface area contributed by atoms with E-state index in [-0.39, 0.29) is 23.3 Å². The second kappa shape index (κ2) is 8.31. The first-order valence-electron chi connectivity index (χ1n) is 10.2. The number of hydrogen-bond donors (Lipinski definition) is 0. The summed E-state index contributed by atoms with van der Waals surface area (Å²) in [6.07, 6.45) is 6.05. The molecule has 1 aromatic carbocycles. The molecular formula is C23H21FN4O3S. The Bertz CT molecular complexity index is 1200. The van der Waals surface area contributed by atoms with E-state index in [9.17, 15) is 9.18 Å². The van der Waals surface area contributed by atoms with Gasteiger partial charge in [-0.25, -0.2) is 19.3 Å². The predicted molar refractivity (Wildman–Crippen MR) is 118 cm³/mol. The third-order valence-corrected chi connectivity index (χ3v) is 6.80. The first-order valence-corrected chi connectivity index (χ1v) is 11.1. The summed E-state index contributed by atoms with van der Waals surface area (Å²) < 4.78 is 25.3. The number of carbonyl (C=O) groups is 1. The van der Waals surface area contributed by atoms with Gasteiger partial charge in [-0.1, -0.05) is 18.2 Å². The predicted octanol–water partition coefficient (Wildman–Crippen LogP) is 3.93. The van der Waals surface area contributed by atoms with Gasteiger partial charge in [0, 0.05) is 30.2 Å². The van der Waals surface area contributed by atoms with Crippen molar-refractivity contribution in [2.45, 2.75) is 6.42 Å². The zero-order valence-electron chi connectivity index (χ0n) is 17.6. The molecule has 2 atom stereocenters. The van der Waals surface area contributed by atoms with E-state index in [0.717, 1.165) is 12.0 Å².